The summed E-state index contributed by atoms with van der Waals surface area (Å²) in [5, 5.41) is 11.2. The van der Waals surface area contributed by atoms with Crippen molar-refractivity contribution in [3.8, 4) is 0 Å². The molecule has 0 fully saturated rings. The van der Waals surface area contributed by atoms with Crippen LogP contribution in [-0.4, -0.2) is 37.4 Å². The molecule has 40 heavy (non-hydrogen) atoms. The van der Waals surface area contributed by atoms with Gasteiger partial charge in [0, 0.05) is 30.4 Å². The van der Waals surface area contributed by atoms with E-state index in [-0.39, 0.29) is 46.5 Å². The van der Waals surface area contributed by atoms with Crippen LogP contribution < -0.4 is 11.0 Å². The van der Waals surface area contributed by atoms with Crippen molar-refractivity contribution in [2.45, 2.75) is 19.9 Å². The zero-order valence-corrected chi connectivity index (χ0v) is 21.4. The predicted octanol–water partition coefficient (Wildman–Crippen LogP) is 3.72. The van der Waals surface area contributed by atoms with Crippen LogP contribution in [-0.2, 0) is 17.7 Å². The number of carbonyl (C=O) groups is 2. The monoisotopic (exact) mass is 537 g/mol. The standard InChI is InChI=1S/C29H23N5O6/c1-2-40-29(37)23-18-22-25(30-24-10-6-7-16-32(24)28(22)36)33(17-15-19-8-4-3-5-9-19)26(23)31-27(35)20-11-13-21(14-12-20)34(38)39/h3-14,16,18H,2,15,17H2,1H3. The van der Waals surface area contributed by atoms with E-state index in [9.17, 15) is 24.5 Å². The lowest BCUT2D eigenvalue weighted by Gasteiger charge is -2.15. The number of aryl methyl sites for hydroxylation is 2. The molecule has 0 N–H and O–H groups in total. The smallest absolute Gasteiger partial charge is 0.341 e. The number of carbonyl (C=O) groups excluding carboxylic acids is 2. The number of nitro groups is 1. The minimum atomic E-state index is -0.759. The summed E-state index contributed by atoms with van der Waals surface area (Å²) >= 11 is 0. The summed E-state index contributed by atoms with van der Waals surface area (Å²) in [6.45, 7) is 1.94. The highest BCUT2D eigenvalue weighted by Crippen LogP contribution is 2.15. The van der Waals surface area contributed by atoms with E-state index in [1.165, 1.54) is 34.7 Å². The van der Waals surface area contributed by atoms with E-state index in [0.717, 1.165) is 5.56 Å². The Balaban J connectivity index is 1.80. The van der Waals surface area contributed by atoms with E-state index >= 15 is 0 Å². The first-order valence-corrected chi connectivity index (χ1v) is 12.5. The van der Waals surface area contributed by atoms with Crippen LogP contribution in [0.4, 0.5) is 5.69 Å². The Morgan fingerprint density at radius 1 is 1.02 bits per heavy atom. The number of fused-ring (bicyclic) bond motifs is 2. The predicted molar refractivity (Wildman–Crippen MR) is 146 cm³/mol. The van der Waals surface area contributed by atoms with Gasteiger partial charge >= 0.3 is 5.97 Å². The van der Waals surface area contributed by atoms with Crippen molar-refractivity contribution in [3.05, 3.63) is 128 Å². The molecule has 200 valence electrons. The van der Waals surface area contributed by atoms with Crippen molar-refractivity contribution in [3.63, 3.8) is 0 Å². The second kappa shape index (κ2) is 11.1. The van der Waals surface area contributed by atoms with Crippen LogP contribution in [0.1, 0.15) is 33.2 Å². The number of aromatic nitrogens is 3. The summed E-state index contributed by atoms with van der Waals surface area (Å²) in [5.74, 6) is -1.49. The van der Waals surface area contributed by atoms with Crippen molar-refractivity contribution < 1.29 is 19.2 Å². The Hall–Kier alpha value is -5.45. The number of nitro benzene ring substituents is 1. The molecule has 0 spiro atoms. The molecule has 0 saturated heterocycles. The second-order valence-electron chi connectivity index (χ2n) is 8.79. The Morgan fingerprint density at radius 3 is 2.45 bits per heavy atom. The molecular formula is C29H23N5O6. The lowest BCUT2D eigenvalue weighted by molar-refractivity contribution is -0.384. The highest BCUT2D eigenvalue weighted by atomic mass is 16.6. The molecule has 3 heterocycles. The van der Waals surface area contributed by atoms with Gasteiger partial charge in [-0.05, 0) is 49.2 Å². The molecule has 0 radical (unpaired) electrons. The highest BCUT2D eigenvalue weighted by Gasteiger charge is 2.20. The molecule has 3 aromatic heterocycles. The number of hydrogen-bond acceptors (Lipinski definition) is 7. The average Bonchev–Trinajstić information content (AvgIpc) is 2.97. The molecule has 5 aromatic rings. The molecule has 0 bridgehead atoms. The first kappa shape index (κ1) is 26.2. The van der Waals surface area contributed by atoms with Gasteiger partial charge in [-0.2, -0.15) is 4.99 Å². The van der Waals surface area contributed by atoms with Crippen molar-refractivity contribution in [2.75, 3.05) is 6.61 Å². The van der Waals surface area contributed by atoms with Gasteiger partial charge in [0.25, 0.3) is 17.2 Å². The molecule has 5 rings (SSSR count). The van der Waals surface area contributed by atoms with E-state index in [1.54, 1.807) is 35.9 Å². The van der Waals surface area contributed by atoms with E-state index in [2.05, 4.69) is 4.99 Å². The number of amides is 1. The molecule has 0 aliphatic carbocycles. The fourth-order valence-electron chi connectivity index (χ4n) is 4.34. The maximum Gasteiger partial charge on any atom is 0.341 e. The van der Waals surface area contributed by atoms with E-state index in [1.807, 2.05) is 30.3 Å². The Bertz CT molecular complexity index is 1890. The third-order valence-corrected chi connectivity index (χ3v) is 6.28. The van der Waals surface area contributed by atoms with Gasteiger partial charge < -0.3 is 9.30 Å². The van der Waals surface area contributed by atoms with Gasteiger partial charge in [-0.15, -0.1) is 0 Å². The molecule has 0 aliphatic rings. The van der Waals surface area contributed by atoms with Gasteiger partial charge in [0.15, 0.2) is 5.49 Å². The van der Waals surface area contributed by atoms with E-state index in [4.69, 9.17) is 9.72 Å². The summed E-state index contributed by atoms with van der Waals surface area (Å²) in [6.07, 6.45) is 2.07. The summed E-state index contributed by atoms with van der Waals surface area (Å²) in [7, 11) is 0. The normalized spacial score (nSPS) is 11.6. The van der Waals surface area contributed by atoms with Gasteiger partial charge in [-0.1, -0.05) is 36.4 Å². The quantitative estimate of drug-likeness (QED) is 0.133. The number of non-ortho nitro benzene ring substituents is 1. The summed E-state index contributed by atoms with van der Waals surface area (Å²) in [6, 6.07) is 21.0. The van der Waals surface area contributed by atoms with Gasteiger partial charge in [0.1, 0.15) is 16.9 Å². The number of benzene rings is 2. The van der Waals surface area contributed by atoms with Crippen LogP contribution in [0, 0.1) is 10.1 Å². The number of hydrogen-bond donors (Lipinski definition) is 0. The zero-order chi connectivity index (χ0) is 28.2. The third-order valence-electron chi connectivity index (χ3n) is 6.28. The maximum atomic E-state index is 13.5. The van der Waals surface area contributed by atoms with Crippen LogP contribution >= 0.6 is 0 Å². The number of rotatable bonds is 7. The van der Waals surface area contributed by atoms with E-state index < -0.39 is 22.4 Å². The Morgan fingerprint density at radius 2 is 1.75 bits per heavy atom. The fourth-order valence-corrected chi connectivity index (χ4v) is 4.34. The maximum absolute atomic E-state index is 13.5. The van der Waals surface area contributed by atoms with Gasteiger partial charge in [0.05, 0.1) is 16.9 Å². The molecule has 0 unspecified atom stereocenters. The summed E-state index contributed by atoms with van der Waals surface area (Å²) in [5.41, 5.74) is 1.01. The first-order valence-electron chi connectivity index (χ1n) is 12.5. The van der Waals surface area contributed by atoms with Crippen molar-refractivity contribution in [1.29, 1.82) is 0 Å². The number of esters is 1. The molecule has 11 heteroatoms. The Kier molecular flexibility index (Phi) is 7.27. The molecule has 11 nitrogen and oxygen atoms in total. The Labute approximate surface area is 226 Å². The van der Waals surface area contributed by atoms with Crippen LogP contribution in [0.15, 0.2) is 94.8 Å². The lowest BCUT2D eigenvalue weighted by atomic mass is 10.1. The van der Waals surface area contributed by atoms with Gasteiger partial charge in [0.2, 0.25) is 0 Å². The first-order chi connectivity index (χ1) is 19.4. The van der Waals surface area contributed by atoms with Crippen molar-refractivity contribution in [1.82, 2.24) is 14.0 Å². The van der Waals surface area contributed by atoms with Crippen LogP contribution in [0.5, 0.6) is 0 Å². The zero-order valence-electron chi connectivity index (χ0n) is 21.4. The minimum Gasteiger partial charge on any atom is -0.462 e. The van der Waals surface area contributed by atoms with Crippen LogP contribution in [0.25, 0.3) is 16.7 Å². The topological polar surface area (TPSA) is 138 Å². The SMILES string of the molecule is CCOC(=O)c1cc2c(=O)n3ccccc3nc2n(CCc2ccccc2)c1=NC(=O)c1ccc([N+](=O)[O-])cc1. The van der Waals surface area contributed by atoms with Gasteiger partial charge in [-0.25, -0.2) is 9.78 Å². The number of ether oxygens (including phenoxy) is 1. The number of pyridine rings is 2. The molecule has 2 aromatic carbocycles. The highest BCUT2D eigenvalue weighted by molar-refractivity contribution is 5.97. The minimum absolute atomic E-state index is 0.0302. The molecule has 0 aliphatic heterocycles. The average molecular weight is 538 g/mol. The molecular weight excluding hydrogens is 514 g/mol. The lowest BCUT2D eigenvalue weighted by Crippen LogP contribution is -2.33. The summed E-state index contributed by atoms with van der Waals surface area (Å²) < 4.78 is 8.21. The van der Waals surface area contributed by atoms with E-state index in [0.29, 0.717) is 12.1 Å². The molecule has 0 saturated carbocycles. The number of nitrogens with zero attached hydrogens (tertiary/aromatic N) is 5. The van der Waals surface area contributed by atoms with Crippen molar-refractivity contribution in [2.24, 2.45) is 4.99 Å². The van der Waals surface area contributed by atoms with Gasteiger partial charge in [-0.3, -0.25) is 24.1 Å². The molecule has 0 atom stereocenters. The molecule has 1 amide bonds. The van der Waals surface area contributed by atoms with Crippen LogP contribution in [0.2, 0.25) is 0 Å². The largest absolute Gasteiger partial charge is 0.462 e. The van der Waals surface area contributed by atoms with Crippen molar-refractivity contribution >= 4 is 34.2 Å². The van der Waals surface area contributed by atoms with Crippen LogP contribution in [0.3, 0.4) is 0 Å². The fraction of sp³-hybridized carbons (Fsp3) is 0.138. The second-order valence-corrected chi connectivity index (χ2v) is 8.79. The third kappa shape index (κ3) is 5.12. The summed E-state index contributed by atoms with van der Waals surface area (Å²) in [4.78, 5) is 59.4.